The maximum absolute atomic E-state index is 8.81. The van der Waals surface area contributed by atoms with E-state index in [1.807, 2.05) is 12.1 Å². The molecule has 0 bridgehead atoms. The highest BCUT2D eigenvalue weighted by Gasteiger charge is 1.94. The smallest absolute Gasteiger partial charge is 0.116 e. The van der Waals surface area contributed by atoms with Crippen molar-refractivity contribution in [3.63, 3.8) is 0 Å². The van der Waals surface area contributed by atoms with E-state index in [0.29, 0.717) is 11.8 Å². The van der Waals surface area contributed by atoms with Crippen LogP contribution >= 0.6 is 0 Å². The maximum Gasteiger partial charge on any atom is 0.116 e. The van der Waals surface area contributed by atoms with E-state index in [4.69, 9.17) is 4.79 Å². The Morgan fingerprint density at radius 2 is 0.905 bits per heavy atom. The molecule has 0 spiro atoms. The average Bonchev–Trinajstić information content (AvgIpc) is 2.50. The molecule has 0 atom stereocenters. The van der Waals surface area contributed by atoms with Crippen LogP contribution in [-0.4, -0.2) is 6.29 Å². The molecular weight excluding hydrogens is 256 g/mol. The fourth-order valence-electron chi connectivity index (χ4n) is 1.68. The van der Waals surface area contributed by atoms with E-state index < -0.39 is 0 Å². The van der Waals surface area contributed by atoms with Crippen molar-refractivity contribution >= 4 is 6.29 Å². The van der Waals surface area contributed by atoms with Crippen molar-refractivity contribution in [1.29, 1.82) is 0 Å². The van der Waals surface area contributed by atoms with Crippen LogP contribution in [0.2, 0.25) is 0 Å². The molecule has 0 aliphatic carbocycles. The monoisotopic (exact) mass is 284 g/mol. The fraction of sp³-hybridized carbons (Fsp3) is 0.350. The maximum atomic E-state index is 8.81. The Morgan fingerprint density at radius 1 is 0.667 bits per heavy atom. The van der Waals surface area contributed by atoms with Gasteiger partial charge in [-0.3, -0.25) is 0 Å². The zero-order chi connectivity index (χ0) is 16.1. The second kappa shape index (κ2) is 11.9. The molecule has 21 heavy (non-hydrogen) atoms. The van der Waals surface area contributed by atoms with Crippen molar-refractivity contribution in [2.45, 2.75) is 46.5 Å². The van der Waals surface area contributed by atoms with Crippen molar-refractivity contribution in [3.8, 4) is 0 Å². The van der Waals surface area contributed by atoms with Crippen LogP contribution in [0.3, 0.4) is 0 Å². The predicted molar refractivity (Wildman–Crippen MR) is 92.8 cm³/mol. The van der Waals surface area contributed by atoms with Gasteiger partial charge in [0, 0.05) is 0 Å². The Bertz CT molecular complexity index is 414. The zero-order valence-electron chi connectivity index (χ0n) is 13.9. The highest BCUT2D eigenvalue weighted by atomic mass is 16.1. The first-order chi connectivity index (χ1) is 10.0. The second-order valence-electron chi connectivity index (χ2n) is 5.37. The van der Waals surface area contributed by atoms with Gasteiger partial charge in [-0.25, -0.2) is 0 Å². The SMILES string of the molecule is CC(C)c1ccccc1.CC(C)c1ccccc1.CC=O. The van der Waals surface area contributed by atoms with Gasteiger partial charge in [0.2, 0.25) is 0 Å². The molecule has 0 aromatic heterocycles. The summed E-state index contributed by atoms with van der Waals surface area (Å²) in [7, 11) is 0. The van der Waals surface area contributed by atoms with Crippen LogP contribution in [-0.2, 0) is 4.79 Å². The minimum atomic E-state index is 0.659. The predicted octanol–water partition coefficient (Wildman–Crippen LogP) is 5.83. The minimum absolute atomic E-state index is 0.659. The summed E-state index contributed by atoms with van der Waals surface area (Å²) >= 11 is 0. The van der Waals surface area contributed by atoms with Crippen LogP contribution in [0.25, 0.3) is 0 Å². The van der Waals surface area contributed by atoms with Crippen molar-refractivity contribution in [2.75, 3.05) is 0 Å². The van der Waals surface area contributed by atoms with Gasteiger partial charge in [0.1, 0.15) is 6.29 Å². The van der Waals surface area contributed by atoms with Crippen LogP contribution in [0.1, 0.15) is 57.6 Å². The molecule has 0 aliphatic heterocycles. The summed E-state index contributed by atoms with van der Waals surface area (Å²) in [6.07, 6.45) is 0.750. The molecule has 2 aromatic rings. The Kier molecular flexibility index (Phi) is 10.8. The van der Waals surface area contributed by atoms with E-state index in [2.05, 4.69) is 76.2 Å². The van der Waals surface area contributed by atoms with Crippen molar-refractivity contribution in [3.05, 3.63) is 71.8 Å². The third kappa shape index (κ3) is 9.61. The molecule has 0 saturated carbocycles. The second-order valence-corrected chi connectivity index (χ2v) is 5.37. The first-order valence-corrected chi connectivity index (χ1v) is 7.52. The number of benzene rings is 2. The normalized spacial score (nSPS) is 9.29. The van der Waals surface area contributed by atoms with Crippen molar-refractivity contribution in [2.24, 2.45) is 0 Å². The van der Waals surface area contributed by atoms with E-state index in [0.717, 1.165) is 6.29 Å². The quantitative estimate of drug-likeness (QED) is 0.634. The lowest BCUT2D eigenvalue weighted by atomic mass is 10.0. The number of carbonyl (C=O) groups is 1. The lowest BCUT2D eigenvalue weighted by molar-refractivity contribution is -0.106. The first-order valence-electron chi connectivity index (χ1n) is 7.52. The molecule has 1 nitrogen and oxygen atoms in total. The summed E-state index contributed by atoms with van der Waals surface area (Å²) in [6, 6.07) is 21.0. The summed E-state index contributed by atoms with van der Waals surface area (Å²) in [6.45, 7) is 10.3. The fourth-order valence-corrected chi connectivity index (χ4v) is 1.68. The molecule has 0 aliphatic rings. The number of hydrogen-bond donors (Lipinski definition) is 0. The van der Waals surface area contributed by atoms with Gasteiger partial charge >= 0.3 is 0 Å². The van der Waals surface area contributed by atoms with E-state index in [9.17, 15) is 0 Å². The summed E-state index contributed by atoms with van der Waals surface area (Å²) < 4.78 is 0. The summed E-state index contributed by atoms with van der Waals surface area (Å²) in [4.78, 5) is 8.81. The number of aldehydes is 1. The van der Waals surface area contributed by atoms with E-state index in [1.165, 1.54) is 18.1 Å². The van der Waals surface area contributed by atoms with E-state index in [1.54, 1.807) is 0 Å². The van der Waals surface area contributed by atoms with Crippen LogP contribution in [0.4, 0.5) is 0 Å². The van der Waals surface area contributed by atoms with Gasteiger partial charge in [-0.05, 0) is 29.9 Å². The number of hydrogen-bond acceptors (Lipinski definition) is 1. The molecule has 114 valence electrons. The Balaban J connectivity index is 0.000000322. The third-order valence-electron chi connectivity index (χ3n) is 2.93. The number of carbonyl (C=O) groups excluding carboxylic acids is 1. The topological polar surface area (TPSA) is 17.1 Å². The van der Waals surface area contributed by atoms with E-state index in [-0.39, 0.29) is 0 Å². The van der Waals surface area contributed by atoms with Gasteiger partial charge < -0.3 is 4.79 Å². The van der Waals surface area contributed by atoms with Gasteiger partial charge in [-0.15, -0.1) is 0 Å². The van der Waals surface area contributed by atoms with Crippen molar-refractivity contribution in [1.82, 2.24) is 0 Å². The number of rotatable bonds is 2. The third-order valence-corrected chi connectivity index (χ3v) is 2.93. The van der Waals surface area contributed by atoms with Gasteiger partial charge in [0.05, 0.1) is 0 Å². The Labute approximate surface area is 130 Å². The summed E-state index contributed by atoms with van der Waals surface area (Å²) in [5.74, 6) is 1.32. The molecule has 0 radical (unpaired) electrons. The van der Waals surface area contributed by atoms with Gasteiger partial charge in [-0.2, -0.15) is 0 Å². The van der Waals surface area contributed by atoms with Crippen molar-refractivity contribution < 1.29 is 4.79 Å². The van der Waals surface area contributed by atoms with Gasteiger partial charge in [0.15, 0.2) is 0 Å². The van der Waals surface area contributed by atoms with Crippen LogP contribution in [0.15, 0.2) is 60.7 Å². The molecule has 0 heterocycles. The molecule has 0 saturated heterocycles. The van der Waals surface area contributed by atoms with Crippen LogP contribution in [0, 0.1) is 0 Å². The molecule has 0 unspecified atom stereocenters. The zero-order valence-corrected chi connectivity index (χ0v) is 13.9. The van der Waals surface area contributed by atoms with Crippen LogP contribution < -0.4 is 0 Å². The highest BCUT2D eigenvalue weighted by molar-refractivity contribution is 5.44. The lowest BCUT2D eigenvalue weighted by Crippen LogP contribution is -1.83. The van der Waals surface area contributed by atoms with E-state index >= 15 is 0 Å². The molecular formula is C20H28O. The Hall–Kier alpha value is -1.89. The standard InChI is InChI=1S/2C9H12.C2H4O/c2*1-8(2)9-6-4-3-5-7-9;1-2-3/h2*3-8H,1-2H3;2H,1H3. The molecule has 1 heteroatoms. The highest BCUT2D eigenvalue weighted by Crippen LogP contribution is 2.12. The Morgan fingerprint density at radius 3 is 1.05 bits per heavy atom. The molecule has 2 aromatic carbocycles. The van der Waals surface area contributed by atoms with Crippen LogP contribution in [0.5, 0.6) is 0 Å². The molecule has 0 fully saturated rings. The summed E-state index contributed by atoms with van der Waals surface area (Å²) in [5.41, 5.74) is 2.83. The first kappa shape index (κ1) is 19.1. The minimum Gasteiger partial charge on any atom is -0.304 e. The molecule has 0 N–H and O–H groups in total. The largest absolute Gasteiger partial charge is 0.304 e. The van der Waals surface area contributed by atoms with Gasteiger partial charge in [-0.1, -0.05) is 88.4 Å². The van der Waals surface area contributed by atoms with Gasteiger partial charge in [0.25, 0.3) is 0 Å². The molecule has 2 rings (SSSR count). The molecule has 0 amide bonds. The lowest BCUT2D eigenvalue weighted by Gasteiger charge is -2.01. The summed E-state index contributed by atoms with van der Waals surface area (Å²) in [5, 5.41) is 0. The average molecular weight is 284 g/mol.